The van der Waals surface area contributed by atoms with E-state index in [0.717, 1.165) is 30.6 Å². The van der Waals surface area contributed by atoms with Gasteiger partial charge in [-0.3, -0.25) is 0 Å². The molecular formula is C33H52O. The second kappa shape index (κ2) is 17.6. The highest BCUT2D eigenvalue weighted by atomic mass is 16.5. The molecular weight excluding hydrogens is 412 g/mol. The summed E-state index contributed by atoms with van der Waals surface area (Å²) < 4.78 is 6.01. The lowest BCUT2D eigenvalue weighted by Crippen LogP contribution is -2.04. The van der Waals surface area contributed by atoms with Crippen LogP contribution in [0.5, 0.6) is 5.75 Å². The Morgan fingerprint density at radius 3 is 1.74 bits per heavy atom. The first-order chi connectivity index (χ1) is 16.6. The van der Waals surface area contributed by atoms with Crippen LogP contribution in [-0.4, -0.2) is 6.61 Å². The quantitative estimate of drug-likeness (QED) is 0.188. The van der Waals surface area contributed by atoms with E-state index in [1.807, 2.05) is 0 Å². The third kappa shape index (κ3) is 12.6. The summed E-state index contributed by atoms with van der Waals surface area (Å²) in [6.45, 7) is 10.1. The number of hydrogen-bond acceptors (Lipinski definition) is 1. The minimum atomic E-state index is 0.743. The van der Waals surface area contributed by atoms with Gasteiger partial charge in [0.25, 0.3) is 0 Å². The lowest BCUT2D eigenvalue weighted by atomic mass is 9.98. The highest BCUT2D eigenvalue weighted by molar-refractivity contribution is 5.64. The summed E-state index contributed by atoms with van der Waals surface area (Å²) in [5.74, 6) is 2.55. The molecule has 0 spiro atoms. The Kier molecular flexibility index (Phi) is 14.8. The van der Waals surface area contributed by atoms with E-state index in [1.165, 1.54) is 100 Å². The molecule has 0 fully saturated rings. The summed E-state index contributed by atoms with van der Waals surface area (Å²) in [6, 6.07) is 17.8. The van der Waals surface area contributed by atoms with Crippen LogP contribution < -0.4 is 4.74 Å². The molecule has 0 aromatic heterocycles. The summed E-state index contributed by atoms with van der Waals surface area (Å²) >= 11 is 0. The number of unbranched alkanes of at least 4 members (excludes halogenated alkanes) is 8. The minimum Gasteiger partial charge on any atom is -0.494 e. The molecule has 0 aliphatic rings. The zero-order valence-electron chi connectivity index (χ0n) is 22.8. The topological polar surface area (TPSA) is 9.23 Å². The summed E-state index contributed by atoms with van der Waals surface area (Å²) in [5.41, 5.74) is 4.03. The molecule has 2 aromatic carbocycles. The second-order valence-electron chi connectivity index (χ2n) is 10.9. The fraction of sp³-hybridized carbons (Fsp3) is 0.636. The maximum absolute atomic E-state index is 6.01. The Morgan fingerprint density at radius 1 is 0.588 bits per heavy atom. The first-order valence-electron chi connectivity index (χ1n) is 14.4. The van der Waals surface area contributed by atoms with Gasteiger partial charge < -0.3 is 4.74 Å². The van der Waals surface area contributed by atoms with Crippen molar-refractivity contribution in [3.8, 4) is 16.9 Å². The number of ether oxygens (including phenoxy) is 1. The van der Waals surface area contributed by atoms with E-state index >= 15 is 0 Å². The van der Waals surface area contributed by atoms with Crippen molar-refractivity contribution >= 4 is 0 Å². The highest BCUT2D eigenvalue weighted by Gasteiger charge is 2.05. The van der Waals surface area contributed by atoms with Crippen LogP contribution in [0.1, 0.15) is 117 Å². The maximum atomic E-state index is 6.01. The predicted molar refractivity (Wildman–Crippen MR) is 151 cm³/mol. The van der Waals surface area contributed by atoms with Gasteiger partial charge in [0.15, 0.2) is 0 Å². The van der Waals surface area contributed by atoms with Crippen LogP contribution in [0.3, 0.4) is 0 Å². The lowest BCUT2D eigenvalue weighted by molar-refractivity contribution is 0.276. The van der Waals surface area contributed by atoms with E-state index in [0.29, 0.717) is 0 Å². The molecule has 0 saturated carbocycles. The molecule has 0 aliphatic heterocycles. The molecule has 1 unspecified atom stereocenters. The molecule has 1 nitrogen and oxygen atoms in total. The van der Waals surface area contributed by atoms with Gasteiger partial charge in [0.1, 0.15) is 5.75 Å². The van der Waals surface area contributed by atoms with Crippen LogP contribution in [-0.2, 0) is 6.42 Å². The van der Waals surface area contributed by atoms with Crippen LogP contribution in [0.4, 0.5) is 0 Å². The van der Waals surface area contributed by atoms with Gasteiger partial charge in [-0.2, -0.15) is 0 Å². The van der Waals surface area contributed by atoms with Crippen molar-refractivity contribution in [2.75, 3.05) is 6.61 Å². The Labute approximate surface area is 211 Å². The molecule has 2 aromatic rings. The van der Waals surface area contributed by atoms with Crippen LogP contribution in [0, 0.1) is 11.8 Å². The largest absolute Gasteiger partial charge is 0.494 e. The molecule has 1 atom stereocenters. The van der Waals surface area contributed by atoms with Gasteiger partial charge in [-0.05, 0) is 59.9 Å². The van der Waals surface area contributed by atoms with E-state index < -0.39 is 0 Å². The normalized spacial score (nSPS) is 12.3. The van der Waals surface area contributed by atoms with Crippen molar-refractivity contribution in [1.82, 2.24) is 0 Å². The van der Waals surface area contributed by atoms with Crippen LogP contribution >= 0.6 is 0 Å². The smallest absolute Gasteiger partial charge is 0.119 e. The standard InChI is InChI=1S/C33H52O/c1-5-6-7-8-9-10-11-12-13-17-30-18-20-31(21-19-30)32-22-24-33(25-23-32)34-27-26-29(4)16-14-15-28(2)3/h18-25,28-29H,5-17,26-27H2,1-4H3. The molecule has 190 valence electrons. The molecule has 34 heavy (non-hydrogen) atoms. The third-order valence-electron chi connectivity index (χ3n) is 7.07. The van der Waals surface area contributed by atoms with E-state index in [1.54, 1.807) is 0 Å². The number of benzene rings is 2. The van der Waals surface area contributed by atoms with E-state index in [2.05, 4.69) is 76.2 Å². The van der Waals surface area contributed by atoms with Crippen LogP contribution in [0.2, 0.25) is 0 Å². The summed E-state index contributed by atoms with van der Waals surface area (Å²) in [4.78, 5) is 0. The number of hydrogen-bond donors (Lipinski definition) is 0. The second-order valence-corrected chi connectivity index (χ2v) is 10.9. The van der Waals surface area contributed by atoms with Crippen molar-refractivity contribution in [3.05, 3.63) is 54.1 Å². The van der Waals surface area contributed by atoms with E-state index in [-0.39, 0.29) is 0 Å². The Balaban J connectivity index is 1.63. The zero-order valence-corrected chi connectivity index (χ0v) is 22.8. The molecule has 1 heteroatoms. The molecule has 0 heterocycles. The van der Waals surface area contributed by atoms with Crippen molar-refractivity contribution < 1.29 is 4.74 Å². The molecule has 0 aliphatic carbocycles. The van der Waals surface area contributed by atoms with Gasteiger partial charge in [0.05, 0.1) is 6.61 Å². The molecule has 0 radical (unpaired) electrons. The Hall–Kier alpha value is -1.76. The number of rotatable bonds is 19. The average molecular weight is 465 g/mol. The highest BCUT2D eigenvalue weighted by Crippen LogP contribution is 2.24. The van der Waals surface area contributed by atoms with E-state index in [4.69, 9.17) is 4.74 Å². The zero-order chi connectivity index (χ0) is 24.4. The van der Waals surface area contributed by atoms with Crippen LogP contribution in [0.15, 0.2) is 48.5 Å². The summed E-state index contributed by atoms with van der Waals surface area (Å²) in [7, 11) is 0. The van der Waals surface area contributed by atoms with Gasteiger partial charge in [-0.1, -0.05) is 135 Å². The molecule has 2 rings (SSSR count). The molecule has 0 N–H and O–H groups in total. The van der Waals surface area contributed by atoms with Crippen molar-refractivity contribution in [2.45, 2.75) is 118 Å². The van der Waals surface area contributed by atoms with Gasteiger partial charge >= 0.3 is 0 Å². The van der Waals surface area contributed by atoms with Gasteiger partial charge in [-0.15, -0.1) is 0 Å². The average Bonchev–Trinajstić information content (AvgIpc) is 2.84. The SMILES string of the molecule is CCCCCCCCCCCc1ccc(-c2ccc(OCCC(C)CCCC(C)C)cc2)cc1. The molecule has 0 bridgehead atoms. The first kappa shape index (κ1) is 28.5. The van der Waals surface area contributed by atoms with Crippen LogP contribution in [0.25, 0.3) is 11.1 Å². The van der Waals surface area contributed by atoms with E-state index in [9.17, 15) is 0 Å². The third-order valence-corrected chi connectivity index (χ3v) is 7.07. The maximum Gasteiger partial charge on any atom is 0.119 e. The Bertz CT molecular complexity index is 728. The fourth-order valence-electron chi connectivity index (χ4n) is 4.64. The predicted octanol–water partition coefficient (Wildman–Crippen LogP) is 10.7. The first-order valence-corrected chi connectivity index (χ1v) is 14.4. The van der Waals surface area contributed by atoms with Gasteiger partial charge in [0.2, 0.25) is 0 Å². The monoisotopic (exact) mass is 464 g/mol. The number of aryl methyl sites for hydroxylation is 1. The van der Waals surface area contributed by atoms with Crippen molar-refractivity contribution in [3.63, 3.8) is 0 Å². The van der Waals surface area contributed by atoms with Crippen molar-refractivity contribution in [2.24, 2.45) is 11.8 Å². The lowest BCUT2D eigenvalue weighted by Gasteiger charge is -2.13. The summed E-state index contributed by atoms with van der Waals surface area (Å²) in [6.07, 6.45) is 18.9. The summed E-state index contributed by atoms with van der Waals surface area (Å²) in [5, 5.41) is 0. The molecule has 0 saturated heterocycles. The minimum absolute atomic E-state index is 0.743. The molecule has 0 amide bonds. The van der Waals surface area contributed by atoms with Gasteiger partial charge in [0, 0.05) is 0 Å². The van der Waals surface area contributed by atoms with Crippen molar-refractivity contribution in [1.29, 1.82) is 0 Å². The van der Waals surface area contributed by atoms with Gasteiger partial charge in [-0.25, -0.2) is 0 Å². The Morgan fingerprint density at radius 2 is 1.15 bits per heavy atom. The fourth-order valence-corrected chi connectivity index (χ4v) is 4.64.